The van der Waals surface area contributed by atoms with Crippen molar-refractivity contribution in [3.05, 3.63) is 119 Å². The first-order chi connectivity index (χ1) is 12.6. The molecule has 0 atom stereocenters. The first kappa shape index (κ1) is 25.1. The SMILES string of the molecule is CC1=[C-]CC=C1.CC1=[C-]CC=C1.Cc1cc[c-]cc1.Cc1cc[c-]cc1.[Ti+4]. The second kappa shape index (κ2) is 16.3. The zero-order chi connectivity index (χ0) is 19.0. The Kier molecular flexibility index (Phi) is 15.2. The summed E-state index contributed by atoms with van der Waals surface area (Å²) in [5.41, 5.74) is 5.13. The summed E-state index contributed by atoms with van der Waals surface area (Å²) < 4.78 is 0. The minimum Gasteiger partial charge on any atom is -0.270 e. The van der Waals surface area contributed by atoms with Gasteiger partial charge in [-0.05, 0) is 0 Å². The molecule has 0 bridgehead atoms. The molecule has 0 nitrogen and oxygen atoms in total. The molecule has 2 aliphatic carbocycles. The largest absolute Gasteiger partial charge is 4.00 e. The van der Waals surface area contributed by atoms with E-state index in [4.69, 9.17) is 0 Å². The Bertz CT molecular complexity index is 648. The predicted octanol–water partition coefficient (Wildman–Crippen LogP) is 6.98. The van der Waals surface area contributed by atoms with E-state index >= 15 is 0 Å². The molecule has 2 aromatic carbocycles. The van der Waals surface area contributed by atoms with E-state index in [1.54, 1.807) is 0 Å². The Balaban J connectivity index is 0.000000331. The molecule has 0 radical (unpaired) electrons. The van der Waals surface area contributed by atoms with Gasteiger partial charge in [0.2, 0.25) is 0 Å². The van der Waals surface area contributed by atoms with Crippen LogP contribution in [0.25, 0.3) is 0 Å². The summed E-state index contributed by atoms with van der Waals surface area (Å²) >= 11 is 0. The van der Waals surface area contributed by atoms with Crippen LogP contribution in [-0.2, 0) is 21.7 Å². The normalized spacial score (nSPS) is 12.7. The molecule has 27 heavy (non-hydrogen) atoms. The first-order valence-electron chi connectivity index (χ1n) is 8.91. The van der Waals surface area contributed by atoms with Crippen LogP contribution in [0.2, 0.25) is 0 Å². The Labute approximate surface area is 181 Å². The van der Waals surface area contributed by atoms with Gasteiger partial charge in [-0.3, -0.25) is 12.2 Å². The number of allylic oxidation sites excluding steroid dienone is 8. The average Bonchev–Trinajstić information content (AvgIpc) is 3.31. The van der Waals surface area contributed by atoms with Gasteiger partial charge >= 0.3 is 21.7 Å². The van der Waals surface area contributed by atoms with E-state index in [1.807, 2.05) is 48.5 Å². The maximum absolute atomic E-state index is 3.12. The van der Waals surface area contributed by atoms with Gasteiger partial charge in [0.15, 0.2) is 0 Å². The van der Waals surface area contributed by atoms with Gasteiger partial charge in [0.1, 0.15) is 0 Å². The van der Waals surface area contributed by atoms with E-state index in [0.29, 0.717) is 0 Å². The molecule has 0 aliphatic heterocycles. The number of hydrogen-bond acceptors (Lipinski definition) is 0. The van der Waals surface area contributed by atoms with E-state index in [9.17, 15) is 0 Å². The Morgan fingerprint density at radius 3 is 1.04 bits per heavy atom. The second-order valence-electron chi connectivity index (χ2n) is 6.09. The summed E-state index contributed by atoms with van der Waals surface area (Å²) in [6.07, 6.45) is 16.7. The fourth-order valence-electron chi connectivity index (χ4n) is 1.97. The van der Waals surface area contributed by atoms with Crippen LogP contribution in [-0.4, -0.2) is 0 Å². The molecule has 2 aromatic rings. The molecule has 2 aliphatic rings. The summed E-state index contributed by atoms with van der Waals surface area (Å²) in [7, 11) is 0. The van der Waals surface area contributed by atoms with Crippen molar-refractivity contribution >= 4 is 0 Å². The molecule has 0 spiro atoms. The molecule has 0 saturated heterocycles. The number of aryl methyl sites for hydroxylation is 2. The summed E-state index contributed by atoms with van der Waals surface area (Å²) in [6.45, 7) is 8.24. The van der Waals surface area contributed by atoms with Crippen LogP contribution in [0, 0.1) is 38.1 Å². The van der Waals surface area contributed by atoms with Crippen LogP contribution in [0.1, 0.15) is 37.8 Å². The van der Waals surface area contributed by atoms with Gasteiger partial charge in [0, 0.05) is 0 Å². The molecule has 4 rings (SSSR count). The molecule has 0 heterocycles. The first-order valence-corrected chi connectivity index (χ1v) is 8.91. The molecule has 1 heteroatoms. The van der Waals surface area contributed by atoms with E-state index in [2.05, 4.69) is 76.3 Å². The van der Waals surface area contributed by atoms with Crippen molar-refractivity contribution in [2.75, 3.05) is 0 Å². The minimum absolute atomic E-state index is 0. The second-order valence-corrected chi connectivity index (χ2v) is 6.09. The van der Waals surface area contributed by atoms with Crippen molar-refractivity contribution in [2.24, 2.45) is 0 Å². The molecule has 0 amide bonds. The van der Waals surface area contributed by atoms with Gasteiger partial charge in [0.25, 0.3) is 0 Å². The molecular weight excluding hydrogens is 360 g/mol. The predicted molar refractivity (Wildman–Crippen MR) is 112 cm³/mol. The minimum atomic E-state index is 0. The zero-order valence-electron chi connectivity index (χ0n) is 16.8. The van der Waals surface area contributed by atoms with E-state index in [1.165, 1.54) is 22.3 Å². The maximum Gasteiger partial charge on any atom is 4.00 e. The van der Waals surface area contributed by atoms with Crippen LogP contribution >= 0.6 is 0 Å². The van der Waals surface area contributed by atoms with Crippen molar-refractivity contribution in [2.45, 2.75) is 40.5 Å². The third-order valence-electron chi connectivity index (χ3n) is 3.50. The van der Waals surface area contributed by atoms with Crippen LogP contribution in [0.15, 0.2) is 84.0 Å². The van der Waals surface area contributed by atoms with Gasteiger partial charge in [-0.2, -0.15) is 83.9 Å². The van der Waals surface area contributed by atoms with Crippen LogP contribution in [0.4, 0.5) is 0 Å². The smallest absolute Gasteiger partial charge is 0.270 e. The fraction of sp³-hybridized carbons (Fsp3) is 0.231. The third-order valence-corrected chi connectivity index (χ3v) is 3.50. The van der Waals surface area contributed by atoms with Crippen molar-refractivity contribution < 1.29 is 21.7 Å². The topological polar surface area (TPSA) is 0 Å². The molecule has 0 N–H and O–H groups in total. The molecule has 0 saturated carbocycles. The molecule has 0 fully saturated rings. The standard InChI is InChI=1S/2C7H7.2C6H7.Ti/c2*1-7-5-3-2-4-6-7;2*1-6-4-2-3-5-6;/h2*3-6H,1H3;2*2,4H,3H2,1H3;/q4*-1;+4. The third kappa shape index (κ3) is 14.9. The number of benzene rings is 2. The number of rotatable bonds is 0. The maximum atomic E-state index is 3.12. The van der Waals surface area contributed by atoms with E-state index in [0.717, 1.165) is 12.8 Å². The number of hydrogen-bond donors (Lipinski definition) is 0. The summed E-state index contributed by atoms with van der Waals surface area (Å²) in [5, 5.41) is 0. The van der Waals surface area contributed by atoms with E-state index < -0.39 is 0 Å². The van der Waals surface area contributed by atoms with Crippen molar-refractivity contribution in [1.29, 1.82) is 0 Å². The van der Waals surface area contributed by atoms with Crippen LogP contribution < -0.4 is 0 Å². The van der Waals surface area contributed by atoms with Crippen LogP contribution in [0.5, 0.6) is 0 Å². The molecule has 136 valence electrons. The summed E-state index contributed by atoms with van der Waals surface area (Å²) in [5.74, 6) is 0. The zero-order valence-corrected chi connectivity index (χ0v) is 18.4. The summed E-state index contributed by atoms with van der Waals surface area (Å²) in [4.78, 5) is 0. The fourth-order valence-corrected chi connectivity index (χ4v) is 1.97. The van der Waals surface area contributed by atoms with Gasteiger partial charge < -0.3 is 0 Å². The van der Waals surface area contributed by atoms with Gasteiger partial charge in [-0.15, -0.1) is 12.8 Å². The Hall–Kier alpha value is -1.89. The van der Waals surface area contributed by atoms with Crippen molar-refractivity contribution in [1.82, 2.24) is 0 Å². The van der Waals surface area contributed by atoms with Crippen molar-refractivity contribution in [3.63, 3.8) is 0 Å². The Morgan fingerprint density at radius 1 is 0.593 bits per heavy atom. The summed E-state index contributed by atoms with van der Waals surface area (Å²) in [6, 6.07) is 21.6. The van der Waals surface area contributed by atoms with Gasteiger partial charge in [-0.1, -0.05) is 27.7 Å². The monoisotopic (exact) mass is 388 g/mol. The molecular formula is C26H28Ti. The van der Waals surface area contributed by atoms with E-state index in [-0.39, 0.29) is 21.7 Å². The van der Waals surface area contributed by atoms with Crippen molar-refractivity contribution in [3.8, 4) is 0 Å². The average molecular weight is 388 g/mol. The quantitative estimate of drug-likeness (QED) is 0.337. The molecule has 0 aromatic heterocycles. The van der Waals surface area contributed by atoms with Gasteiger partial charge in [-0.25, -0.2) is 23.3 Å². The Morgan fingerprint density at radius 2 is 0.926 bits per heavy atom. The van der Waals surface area contributed by atoms with Gasteiger partial charge in [0.05, 0.1) is 0 Å². The van der Waals surface area contributed by atoms with Crippen LogP contribution in [0.3, 0.4) is 0 Å². The molecule has 0 unspecified atom stereocenters.